The quantitative estimate of drug-likeness (QED) is 0.751. The van der Waals surface area contributed by atoms with Crippen molar-refractivity contribution in [3.05, 3.63) is 5.82 Å². The molecule has 0 aromatic carbocycles. The van der Waals surface area contributed by atoms with Gasteiger partial charge in [-0.05, 0) is 6.92 Å². The van der Waals surface area contributed by atoms with Crippen LogP contribution in [0, 0.1) is 6.92 Å². The van der Waals surface area contributed by atoms with Gasteiger partial charge in [-0.25, -0.2) is 0 Å². The van der Waals surface area contributed by atoms with Crippen molar-refractivity contribution < 1.29 is 9.32 Å². The molecular weight excluding hydrogens is 196 g/mol. The maximum Gasteiger partial charge on any atom is 0.328 e. The highest BCUT2D eigenvalue weighted by atomic mass is 16.5. The van der Waals surface area contributed by atoms with Crippen LogP contribution in [0.5, 0.6) is 0 Å². The van der Waals surface area contributed by atoms with Crippen LogP contribution in [0.1, 0.15) is 26.1 Å². The summed E-state index contributed by atoms with van der Waals surface area (Å²) in [5, 5.41) is 9.22. The standard InChI is InChI=1S/C9H16N4O2/c1-6(2)10-5-4-8(14)12-9-11-7(3)13-15-9/h6,10H,4-5H2,1-3H3,(H,11,12,13,14). The largest absolute Gasteiger partial charge is 0.328 e. The molecule has 1 aromatic heterocycles. The van der Waals surface area contributed by atoms with E-state index in [2.05, 4.69) is 20.8 Å². The Bertz CT molecular complexity index is 322. The second-order valence-electron chi connectivity index (χ2n) is 3.55. The number of nitrogens with zero attached hydrogens (tertiary/aromatic N) is 2. The lowest BCUT2D eigenvalue weighted by Gasteiger charge is -2.06. The van der Waals surface area contributed by atoms with Gasteiger partial charge in [0.25, 0.3) is 0 Å². The van der Waals surface area contributed by atoms with E-state index in [1.54, 1.807) is 6.92 Å². The molecule has 0 bridgehead atoms. The van der Waals surface area contributed by atoms with Crippen LogP contribution >= 0.6 is 0 Å². The van der Waals surface area contributed by atoms with Crippen LogP contribution < -0.4 is 10.6 Å². The maximum absolute atomic E-state index is 11.3. The third-order valence-electron chi connectivity index (χ3n) is 1.68. The lowest BCUT2D eigenvalue weighted by Crippen LogP contribution is -2.27. The van der Waals surface area contributed by atoms with Crippen LogP contribution in [-0.2, 0) is 4.79 Å². The van der Waals surface area contributed by atoms with Gasteiger partial charge in [-0.15, -0.1) is 0 Å². The predicted octanol–water partition coefficient (Wildman–Crippen LogP) is 0.705. The molecule has 6 nitrogen and oxygen atoms in total. The molecular formula is C9H16N4O2. The molecule has 0 radical (unpaired) electrons. The van der Waals surface area contributed by atoms with Crippen LogP contribution in [0.2, 0.25) is 0 Å². The molecule has 6 heteroatoms. The molecule has 0 unspecified atom stereocenters. The first-order chi connectivity index (χ1) is 7.08. The first-order valence-electron chi connectivity index (χ1n) is 4.91. The Labute approximate surface area is 88.4 Å². The van der Waals surface area contributed by atoms with Crippen molar-refractivity contribution in [3.8, 4) is 0 Å². The zero-order valence-electron chi connectivity index (χ0n) is 9.20. The summed E-state index contributed by atoms with van der Waals surface area (Å²) in [7, 11) is 0. The van der Waals surface area contributed by atoms with Crippen molar-refractivity contribution in [2.45, 2.75) is 33.2 Å². The van der Waals surface area contributed by atoms with Gasteiger partial charge in [-0.2, -0.15) is 4.98 Å². The van der Waals surface area contributed by atoms with Crippen LogP contribution in [-0.4, -0.2) is 28.6 Å². The van der Waals surface area contributed by atoms with Gasteiger partial charge in [0.05, 0.1) is 0 Å². The molecule has 0 saturated heterocycles. The predicted molar refractivity (Wildman–Crippen MR) is 55.4 cm³/mol. The summed E-state index contributed by atoms with van der Waals surface area (Å²) in [6, 6.07) is 0.533. The van der Waals surface area contributed by atoms with Crippen LogP contribution in [0.15, 0.2) is 4.52 Å². The molecule has 0 atom stereocenters. The topological polar surface area (TPSA) is 80.0 Å². The van der Waals surface area contributed by atoms with Crippen LogP contribution in [0.25, 0.3) is 0 Å². The first-order valence-corrected chi connectivity index (χ1v) is 4.91. The van der Waals surface area contributed by atoms with Gasteiger partial charge in [0, 0.05) is 19.0 Å². The molecule has 0 saturated carbocycles. The smallest absolute Gasteiger partial charge is 0.315 e. The lowest BCUT2D eigenvalue weighted by atomic mass is 10.3. The van der Waals surface area contributed by atoms with E-state index in [0.29, 0.717) is 24.8 Å². The SMILES string of the molecule is Cc1noc(NC(=O)CCNC(C)C)n1. The molecule has 2 N–H and O–H groups in total. The Morgan fingerprint density at radius 1 is 1.53 bits per heavy atom. The maximum atomic E-state index is 11.3. The number of aromatic nitrogens is 2. The summed E-state index contributed by atoms with van der Waals surface area (Å²) in [6.45, 7) is 6.38. The second kappa shape index (κ2) is 5.45. The monoisotopic (exact) mass is 212 g/mol. The summed E-state index contributed by atoms with van der Waals surface area (Å²) in [6.07, 6.45) is 0.388. The van der Waals surface area contributed by atoms with Crippen molar-refractivity contribution >= 4 is 11.9 Å². The van der Waals surface area contributed by atoms with Gasteiger partial charge in [-0.3, -0.25) is 10.1 Å². The van der Waals surface area contributed by atoms with Crippen LogP contribution in [0.3, 0.4) is 0 Å². The zero-order chi connectivity index (χ0) is 11.3. The molecule has 0 spiro atoms. The van der Waals surface area contributed by atoms with E-state index in [4.69, 9.17) is 4.52 Å². The molecule has 1 amide bonds. The summed E-state index contributed by atoms with van der Waals surface area (Å²) >= 11 is 0. The molecule has 1 heterocycles. The average molecular weight is 212 g/mol. The third kappa shape index (κ3) is 4.55. The Kier molecular flexibility index (Phi) is 4.23. The number of hydrogen-bond donors (Lipinski definition) is 2. The Balaban J connectivity index is 2.24. The Hall–Kier alpha value is -1.43. The molecule has 0 fully saturated rings. The number of carbonyl (C=O) groups is 1. The van der Waals surface area contributed by atoms with E-state index in [1.165, 1.54) is 0 Å². The summed E-state index contributed by atoms with van der Waals surface area (Å²) in [5.74, 6) is 0.373. The molecule has 1 rings (SSSR count). The highest BCUT2D eigenvalue weighted by Crippen LogP contribution is 2.02. The molecule has 84 valence electrons. The summed E-state index contributed by atoms with van der Waals surface area (Å²) in [4.78, 5) is 15.2. The normalized spacial score (nSPS) is 10.7. The highest BCUT2D eigenvalue weighted by molar-refractivity contribution is 5.88. The summed E-state index contributed by atoms with van der Waals surface area (Å²) in [5.41, 5.74) is 0. The van der Waals surface area contributed by atoms with Gasteiger partial charge in [-0.1, -0.05) is 19.0 Å². The van der Waals surface area contributed by atoms with Crippen LogP contribution in [0.4, 0.5) is 6.01 Å². The van der Waals surface area contributed by atoms with Crippen molar-refractivity contribution in [1.82, 2.24) is 15.5 Å². The fourth-order valence-corrected chi connectivity index (χ4v) is 1.00. The van der Waals surface area contributed by atoms with Gasteiger partial charge < -0.3 is 9.84 Å². The number of aryl methyl sites for hydroxylation is 1. The van der Waals surface area contributed by atoms with E-state index >= 15 is 0 Å². The first kappa shape index (κ1) is 11.6. The molecule has 0 aliphatic rings. The van der Waals surface area contributed by atoms with Gasteiger partial charge in [0.2, 0.25) is 5.91 Å². The van der Waals surface area contributed by atoms with Crippen molar-refractivity contribution in [2.75, 3.05) is 11.9 Å². The van der Waals surface area contributed by atoms with Gasteiger partial charge in [0.15, 0.2) is 5.82 Å². The van der Waals surface area contributed by atoms with E-state index in [0.717, 1.165) is 0 Å². The zero-order valence-corrected chi connectivity index (χ0v) is 9.20. The fraction of sp³-hybridized carbons (Fsp3) is 0.667. The Morgan fingerprint density at radius 2 is 2.27 bits per heavy atom. The number of amides is 1. The molecule has 0 aliphatic carbocycles. The third-order valence-corrected chi connectivity index (χ3v) is 1.68. The fourth-order valence-electron chi connectivity index (χ4n) is 1.00. The van der Waals surface area contributed by atoms with Crippen molar-refractivity contribution in [2.24, 2.45) is 0 Å². The minimum atomic E-state index is -0.133. The van der Waals surface area contributed by atoms with Crippen molar-refractivity contribution in [3.63, 3.8) is 0 Å². The number of nitrogens with one attached hydrogen (secondary N) is 2. The van der Waals surface area contributed by atoms with Crippen molar-refractivity contribution in [1.29, 1.82) is 0 Å². The lowest BCUT2D eigenvalue weighted by molar-refractivity contribution is -0.116. The summed E-state index contributed by atoms with van der Waals surface area (Å²) < 4.78 is 4.75. The number of carbonyl (C=O) groups excluding carboxylic acids is 1. The van der Waals surface area contributed by atoms with E-state index in [9.17, 15) is 4.79 Å². The van der Waals surface area contributed by atoms with Gasteiger partial charge in [0.1, 0.15) is 0 Å². The minimum Gasteiger partial charge on any atom is -0.315 e. The van der Waals surface area contributed by atoms with E-state index < -0.39 is 0 Å². The number of hydrogen-bond acceptors (Lipinski definition) is 5. The molecule has 0 aliphatic heterocycles. The number of anilines is 1. The Morgan fingerprint density at radius 3 is 2.80 bits per heavy atom. The van der Waals surface area contributed by atoms with E-state index in [-0.39, 0.29) is 11.9 Å². The van der Waals surface area contributed by atoms with Gasteiger partial charge >= 0.3 is 6.01 Å². The second-order valence-corrected chi connectivity index (χ2v) is 3.55. The van der Waals surface area contributed by atoms with E-state index in [1.807, 2.05) is 13.8 Å². The minimum absolute atomic E-state index is 0.133. The highest BCUT2D eigenvalue weighted by Gasteiger charge is 2.07. The molecule has 15 heavy (non-hydrogen) atoms. The molecule has 1 aromatic rings. The number of rotatable bonds is 5. The average Bonchev–Trinajstić information content (AvgIpc) is 2.50.